The monoisotopic (exact) mass is 433 g/mol. The Morgan fingerprint density at radius 3 is 2.03 bits per heavy atom. The van der Waals surface area contributed by atoms with E-state index in [4.69, 9.17) is 4.74 Å². The van der Waals surface area contributed by atoms with Gasteiger partial charge in [-0.2, -0.15) is 13.2 Å². The first kappa shape index (κ1) is 21.6. The quantitative estimate of drug-likeness (QED) is 0.520. The van der Waals surface area contributed by atoms with Crippen LogP contribution in [0.15, 0.2) is 30.3 Å². The summed E-state index contributed by atoms with van der Waals surface area (Å²) in [6.45, 7) is 2.69. The molecule has 11 heteroatoms. The molecule has 1 aromatic heterocycles. The second-order valence-corrected chi connectivity index (χ2v) is 6.90. The van der Waals surface area contributed by atoms with Crippen LogP contribution in [0, 0.1) is 23.3 Å². The lowest BCUT2D eigenvalue weighted by atomic mass is 10.1. The summed E-state index contributed by atoms with van der Waals surface area (Å²) < 4.78 is 101. The van der Waals surface area contributed by atoms with Gasteiger partial charge in [-0.1, -0.05) is 0 Å². The highest BCUT2D eigenvalue weighted by Gasteiger charge is 2.37. The zero-order chi connectivity index (χ0) is 22.4. The Hall–Kier alpha value is -3.11. The van der Waals surface area contributed by atoms with Gasteiger partial charge >= 0.3 is 6.18 Å². The number of hydrogen-bond donors (Lipinski definition) is 0. The average Bonchev–Trinajstić information content (AvgIpc) is 2.99. The van der Waals surface area contributed by atoms with E-state index in [2.05, 4.69) is 10.2 Å². The second kappa shape index (κ2) is 7.29. The number of benzene rings is 2. The zero-order valence-electron chi connectivity index (χ0n) is 15.8. The maximum atomic E-state index is 13.9. The Bertz CT molecular complexity index is 1080. The lowest BCUT2D eigenvalue weighted by Gasteiger charge is -2.26. The smallest absolute Gasteiger partial charge is 0.417 e. The first-order valence-corrected chi connectivity index (χ1v) is 8.42. The third kappa shape index (κ3) is 3.96. The average molecular weight is 433 g/mol. The minimum atomic E-state index is -4.87. The molecule has 0 amide bonds. The van der Waals surface area contributed by atoms with Crippen LogP contribution < -0.4 is 4.74 Å². The normalized spacial score (nSPS) is 12.3. The molecule has 0 bridgehead atoms. The number of rotatable bonds is 4. The Morgan fingerprint density at radius 1 is 0.867 bits per heavy atom. The van der Waals surface area contributed by atoms with Gasteiger partial charge in [-0.25, -0.2) is 17.6 Å². The van der Waals surface area contributed by atoms with Gasteiger partial charge in [-0.15, -0.1) is 10.2 Å². The van der Waals surface area contributed by atoms with Gasteiger partial charge in [0.05, 0.1) is 5.56 Å². The number of alkyl halides is 3. The first-order valence-electron chi connectivity index (χ1n) is 8.42. The molecule has 0 saturated carbocycles. The Morgan fingerprint density at radius 2 is 1.47 bits per heavy atom. The fourth-order valence-electron chi connectivity index (χ4n) is 2.96. The molecule has 0 aliphatic carbocycles. The van der Waals surface area contributed by atoms with Crippen LogP contribution in [0.5, 0.6) is 5.75 Å². The van der Waals surface area contributed by atoms with Gasteiger partial charge in [0, 0.05) is 24.7 Å². The summed E-state index contributed by atoms with van der Waals surface area (Å²) in [5.41, 5.74) is -3.29. The topological polar surface area (TPSA) is 39.9 Å². The van der Waals surface area contributed by atoms with Crippen LogP contribution in [0.1, 0.15) is 25.2 Å². The molecule has 0 aliphatic heterocycles. The van der Waals surface area contributed by atoms with Gasteiger partial charge in [-0.05, 0) is 32.0 Å². The summed E-state index contributed by atoms with van der Waals surface area (Å²) in [5.74, 6) is -6.08. The van der Waals surface area contributed by atoms with Crippen molar-refractivity contribution in [1.82, 2.24) is 14.8 Å². The molecule has 160 valence electrons. The van der Waals surface area contributed by atoms with Gasteiger partial charge in [0.1, 0.15) is 11.6 Å². The maximum absolute atomic E-state index is 13.9. The van der Waals surface area contributed by atoms with Crippen molar-refractivity contribution >= 4 is 0 Å². The van der Waals surface area contributed by atoms with E-state index in [1.165, 1.54) is 20.9 Å². The van der Waals surface area contributed by atoms with Gasteiger partial charge in [0.2, 0.25) is 0 Å². The molecule has 0 unspecified atom stereocenters. The number of aromatic nitrogens is 3. The van der Waals surface area contributed by atoms with E-state index in [9.17, 15) is 30.7 Å². The van der Waals surface area contributed by atoms with Crippen molar-refractivity contribution in [1.29, 1.82) is 0 Å². The molecule has 0 atom stereocenters. The van der Waals surface area contributed by atoms with Crippen LogP contribution in [0.3, 0.4) is 0 Å². The third-order valence-electron chi connectivity index (χ3n) is 4.26. The van der Waals surface area contributed by atoms with Gasteiger partial charge in [-0.3, -0.25) is 0 Å². The van der Waals surface area contributed by atoms with E-state index >= 15 is 0 Å². The molecule has 3 rings (SSSR count). The molecular formula is C19H14F7N3O. The van der Waals surface area contributed by atoms with Crippen LogP contribution in [-0.4, -0.2) is 14.8 Å². The summed E-state index contributed by atoms with van der Waals surface area (Å²) in [5, 5.41) is 7.51. The SMILES string of the molecule is Cn1c(-c2ccc(F)cc2C(F)(F)F)nnc1C(C)(C)Oc1c(F)cc(F)cc1F. The molecule has 0 fully saturated rings. The molecule has 0 spiro atoms. The van der Waals surface area contributed by atoms with Crippen LogP contribution in [0.2, 0.25) is 0 Å². The Balaban J connectivity index is 2.06. The van der Waals surface area contributed by atoms with Crippen molar-refractivity contribution in [2.75, 3.05) is 0 Å². The summed E-state index contributed by atoms with van der Waals surface area (Å²) in [7, 11) is 1.32. The Labute approximate surface area is 165 Å². The number of nitrogens with zero attached hydrogens (tertiary/aromatic N) is 3. The van der Waals surface area contributed by atoms with E-state index < -0.39 is 51.9 Å². The van der Waals surface area contributed by atoms with Crippen molar-refractivity contribution in [3.63, 3.8) is 0 Å². The fourth-order valence-corrected chi connectivity index (χ4v) is 2.96. The maximum Gasteiger partial charge on any atom is 0.417 e. The highest BCUT2D eigenvalue weighted by atomic mass is 19.4. The van der Waals surface area contributed by atoms with Crippen LogP contribution in [0.25, 0.3) is 11.4 Å². The van der Waals surface area contributed by atoms with Crippen molar-refractivity contribution in [2.24, 2.45) is 7.05 Å². The number of hydrogen-bond acceptors (Lipinski definition) is 3. The van der Waals surface area contributed by atoms with E-state index in [0.29, 0.717) is 18.2 Å². The fraction of sp³-hybridized carbons (Fsp3) is 0.263. The van der Waals surface area contributed by atoms with Crippen molar-refractivity contribution in [2.45, 2.75) is 25.6 Å². The minimum Gasteiger partial charge on any atom is -0.474 e. The lowest BCUT2D eigenvalue weighted by Crippen LogP contribution is -2.30. The number of halogens is 7. The van der Waals surface area contributed by atoms with Gasteiger partial charge < -0.3 is 9.30 Å². The van der Waals surface area contributed by atoms with Crippen LogP contribution >= 0.6 is 0 Å². The van der Waals surface area contributed by atoms with E-state index in [0.717, 1.165) is 16.7 Å². The molecule has 3 aromatic rings. The molecule has 0 radical (unpaired) electrons. The van der Waals surface area contributed by atoms with Gasteiger partial charge in [0.25, 0.3) is 0 Å². The molecule has 1 heterocycles. The molecule has 30 heavy (non-hydrogen) atoms. The Kier molecular flexibility index (Phi) is 5.25. The van der Waals surface area contributed by atoms with Crippen molar-refractivity contribution in [3.8, 4) is 17.1 Å². The predicted octanol–water partition coefficient (Wildman–Crippen LogP) is 5.37. The molecule has 0 aliphatic rings. The minimum absolute atomic E-state index is 0.0851. The van der Waals surface area contributed by atoms with Crippen LogP contribution in [0.4, 0.5) is 30.7 Å². The second-order valence-electron chi connectivity index (χ2n) is 6.90. The number of ether oxygens (including phenoxy) is 1. The molecule has 0 saturated heterocycles. The highest BCUT2D eigenvalue weighted by Crippen LogP contribution is 2.38. The largest absolute Gasteiger partial charge is 0.474 e. The van der Waals surface area contributed by atoms with Gasteiger partial charge in [0.15, 0.2) is 34.6 Å². The molecule has 4 nitrogen and oxygen atoms in total. The first-order chi connectivity index (χ1) is 13.8. The molecule has 0 N–H and O–H groups in total. The highest BCUT2D eigenvalue weighted by molar-refractivity contribution is 5.61. The third-order valence-corrected chi connectivity index (χ3v) is 4.26. The zero-order valence-corrected chi connectivity index (χ0v) is 15.8. The van der Waals surface area contributed by atoms with Crippen LogP contribution in [-0.2, 0) is 18.8 Å². The standard InChI is InChI=1S/C19H14F7N3O/c1-18(2,30-15-13(22)7-10(21)8-14(15)23)17-28-27-16(29(17)3)11-5-4-9(20)6-12(11)19(24,25)26/h4-8H,1-3H3. The lowest BCUT2D eigenvalue weighted by molar-refractivity contribution is -0.137. The van der Waals surface area contributed by atoms with Crippen molar-refractivity contribution < 1.29 is 35.5 Å². The van der Waals surface area contributed by atoms with E-state index in [1.54, 1.807) is 0 Å². The van der Waals surface area contributed by atoms with E-state index in [-0.39, 0.29) is 11.6 Å². The predicted molar refractivity (Wildman–Crippen MR) is 91.4 cm³/mol. The summed E-state index contributed by atoms with van der Waals surface area (Å²) >= 11 is 0. The summed E-state index contributed by atoms with van der Waals surface area (Å²) in [6.07, 6.45) is -4.87. The van der Waals surface area contributed by atoms with Crippen molar-refractivity contribution in [3.05, 3.63) is 65.0 Å². The molecular weight excluding hydrogens is 419 g/mol. The van der Waals surface area contributed by atoms with E-state index in [1.807, 2.05) is 0 Å². The summed E-state index contributed by atoms with van der Waals surface area (Å²) in [4.78, 5) is 0. The summed E-state index contributed by atoms with van der Waals surface area (Å²) in [6, 6.07) is 2.91. The molecule has 2 aromatic carbocycles.